The minimum atomic E-state index is -0.234. The van der Waals surface area contributed by atoms with Crippen LogP contribution in [-0.2, 0) is 41.5 Å². The molecule has 8 rings (SSSR count). The molecule has 46 heavy (non-hydrogen) atoms. The Balaban J connectivity index is 0.000000263. The van der Waals surface area contributed by atoms with Crippen molar-refractivity contribution in [3.63, 3.8) is 0 Å². The fourth-order valence-corrected chi connectivity index (χ4v) is 5.49. The van der Waals surface area contributed by atoms with Crippen molar-refractivity contribution in [3.05, 3.63) is 166 Å². The van der Waals surface area contributed by atoms with Crippen LogP contribution in [0.4, 0.5) is 8.78 Å². The van der Waals surface area contributed by atoms with Crippen LogP contribution in [0, 0.1) is 35.9 Å². The van der Waals surface area contributed by atoms with Gasteiger partial charge in [0.15, 0.2) is 0 Å². The molecule has 5 heteroatoms. The van der Waals surface area contributed by atoms with E-state index in [4.69, 9.17) is 0 Å². The van der Waals surface area contributed by atoms with Crippen molar-refractivity contribution in [1.82, 2.24) is 0 Å². The molecule has 0 aromatic heterocycles. The average molecular weight is 731 g/mol. The quantitative estimate of drug-likeness (QED) is 0.139. The van der Waals surface area contributed by atoms with Gasteiger partial charge in [-0.25, -0.2) is 18.2 Å². The number of allylic oxidation sites excluding steroid dienone is 6. The molecule has 0 amide bonds. The molecule has 0 atom stereocenters. The van der Waals surface area contributed by atoms with Gasteiger partial charge in [0.1, 0.15) is 0 Å². The Morgan fingerprint density at radius 3 is 1.78 bits per heavy atom. The van der Waals surface area contributed by atoms with Gasteiger partial charge in [0.25, 0.3) is 0 Å². The Morgan fingerprint density at radius 2 is 1.35 bits per heavy atom. The summed E-state index contributed by atoms with van der Waals surface area (Å²) in [4.78, 5) is 0. The number of hydrogen-bond donors (Lipinski definition) is 0. The average Bonchev–Trinajstić information content (AvgIpc) is 3.82. The molecule has 0 aliphatic heterocycles. The van der Waals surface area contributed by atoms with Crippen molar-refractivity contribution >= 4 is 41.2 Å². The van der Waals surface area contributed by atoms with Gasteiger partial charge in [-0.15, -0.1) is 67.1 Å². The topological polar surface area (TPSA) is 0 Å². The number of benzene rings is 4. The molecule has 0 nitrogen and oxygen atoms in total. The summed E-state index contributed by atoms with van der Waals surface area (Å²) in [7, 11) is 0. The van der Waals surface area contributed by atoms with E-state index >= 15 is 0 Å². The summed E-state index contributed by atoms with van der Waals surface area (Å²) in [5, 5.41) is 0. The molecule has 0 unspecified atom stereocenters. The van der Waals surface area contributed by atoms with Crippen LogP contribution in [0.1, 0.15) is 67.5 Å². The van der Waals surface area contributed by atoms with Crippen molar-refractivity contribution < 1.29 is 33.0 Å². The Morgan fingerprint density at radius 1 is 0.783 bits per heavy atom. The molecule has 0 fully saturated rings. The molecule has 4 aromatic rings. The SMILES string of the molecule is CC1(C)[C-]=Cc2cc3c(cc21)Cc1cc2c(cc1-3)C=CC2(C)C.Cl.Cl.Fc1c[c-]ccc1.Fc1c[c-]ccc1.[C-]1=CC=CC1.[CH2]=[Zr]. The number of hydrogen-bond acceptors (Lipinski definition) is 0. The van der Waals surface area contributed by atoms with Gasteiger partial charge in [0.2, 0.25) is 0 Å². The third-order valence-electron chi connectivity index (χ3n) is 7.78. The van der Waals surface area contributed by atoms with Crippen LogP contribution in [0.2, 0.25) is 0 Å². The minimum absolute atomic E-state index is 0. The molecule has 4 aromatic carbocycles. The van der Waals surface area contributed by atoms with Crippen molar-refractivity contribution in [3.8, 4) is 11.1 Å². The van der Waals surface area contributed by atoms with E-state index in [0.29, 0.717) is 0 Å². The van der Waals surface area contributed by atoms with Crippen molar-refractivity contribution in [1.29, 1.82) is 0 Å². The summed E-state index contributed by atoms with van der Waals surface area (Å²) >= 11 is 1.30. The monoisotopic (exact) mass is 728 g/mol. The van der Waals surface area contributed by atoms with Crippen molar-refractivity contribution in [2.24, 2.45) is 0 Å². The van der Waals surface area contributed by atoms with Gasteiger partial charge in [0, 0.05) is 17.0 Å². The van der Waals surface area contributed by atoms with E-state index in [2.05, 4.69) is 105 Å². The molecule has 4 aliphatic rings. The van der Waals surface area contributed by atoms with E-state index in [1.165, 1.54) is 93.0 Å². The molecule has 0 saturated heterocycles. The summed E-state index contributed by atoms with van der Waals surface area (Å²) < 4.78 is 27.1. The van der Waals surface area contributed by atoms with Gasteiger partial charge < -0.3 is 0 Å². The zero-order valence-electron chi connectivity index (χ0n) is 26.6. The summed E-state index contributed by atoms with van der Waals surface area (Å²) in [5.74, 6) is -0.468. The summed E-state index contributed by atoms with van der Waals surface area (Å²) in [5.41, 5.74) is 11.7. The van der Waals surface area contributed by atoms with Crippen LogP contribution in [0.5, 0.6) is 0 Å². The number of halogens is 4. The van der Waals surface area contributed by atoms with Gasteiger partial charge in [-0.05, 0) is 45.9 Å². The van der Waals surface area contributed by atoms with E-state index in [-0.39, 0.29) is 47.3 Å². The van der Waals surface area contributed by atoms with Gasteiger partial charge in [0.05, 0.1) is 0 Å². The molecule has 0 heterocycles. The molecule has 0 radical (unpaired) electrons. The van der Waals surface area contributed by atoms with Crippen LogP contribution in [0.25, 0.3) is 23.3 Å². The maximum absolute atomic E-state index is 11.9. The zero-order valence-corrected chi connectivity index (χ0v) is 30.7. The predicted molar refractivity (Wildman–Crippen MR) is 191 cm³/mol. The standard InChI is InChI=1S/C23H21.2C6H4F.C5H5.CH2.2ClH.Zr/c1-22(2)7-5-14-10-18-16(12-20(14)22)9-17-13-21-15(11-19(17)18)6-8-23(21,3)4;2*7-6-4-2-1-3-5-6;1-2-4-5-3-1;;;;/h5-7,10-13H,9H2,1-4H3;2*1-2,4-5H;1-3H,4H2;1H2;2*1H;/q4*-1;;;;. The first-order valence-corrected chi connectivity index (χ1v) is 16.3. The van der Waals surface area contributed by atoms with Crippen LogP contribution < -0.4 is 0 Å². The molecule has 0 N–H and O–H groups in total. The summed E-state index contributed by atoms with van der Waals surface area (Å²) in [6.07, 6.45) is 21.4. The van der Waals surface area contributed by atoms with Gasteiger partial charge in [-0.2, -0.15) is 48.0 Å². The Labute approximate surface area is 301 Å². The third kappa shape index (κ3) is 9.77. The van der Waals surface area contributed by atoms with Crippen LogP contribution >= 0.6 is 24.8 Å². The first-order valence-electron chi connectivity index (χ1n) is 14.6. The van der Waals surface area contributed by atoms with E-state index in [0.717, 1.165) is 12.8 Å². The Kier molecular flexibility index (Phi) is 15.2. The first kappa shape index (κ1) is 39.2. The first-order chi connectivity index (χ1) is 21.1. The van der Waals surface area contributed by atoms with E-state index < -0.39 is 0 Å². The molecule has 4 aliphatic carbocycles. The second-order valence-electron chi connectivity index (χ2n) is 11.8. The van der Waals surface area contributed by atoms with Crippen LogP contribution in [0.3, 0.4) is 0 Å². The summed E-state index contributed by atoms with van der Waals surface area (Å²) in [6.45, 7) is 9.13. The molecule has 0 saturated carbocycles. The van der Waals surface area contributed by atoms with E-state index in [1.807, 2.05) is 12.2 Å². The van der Waals surface area contributed by atoms with Crippen LogP contribution in [0.15, 0.2) is 97.1 Å². The molecular weight excluding hydrogens is 693 g/mol. The zero-order chi connectivity index (χ0) is 31.7. The fourth-order valence-electron chi connectivity index (χ4n) is 5.49. The number of rotatable bonds is 0. The predicted octanol–water partition coefficient (Wildman–Crippen LogP) is 11.0. The second-order valence-corrected chi connectivity index (χ2v) is 11.8. The third-order valence-corrected chi connectivity index (χ3v) is 7.78. The van der Waals surface area contributed by atoms with Gasteiger partial charge in [-0.1, -0.05) is 57.4 Å². The van der Waals surface area contributed by atoms with Crippen molar-refractivity contribution in [2.75, 3.05) is 0 Å². The van der Waals surface area contributed by atoms with E-state index in [1.54, 1.807) is 24.3 Å². The molecule has 0 spiro atoms. The van der Waals surface area contributed by atoms with Crippen molar-refractivity contribution in [2.45, 2.75) is 51.4 Å². The van der Waals surface area contributed by atoms with Gasteiger partial charge >= 0.3 is 28.4 Å². The van der Waals surface area contributed by atoms with Crippen LogP contribution in [-0.4, -0.2) is 4.21 Å². The molecule has 238 valence electrons. The van der Waals surface area contributed by atoms with E-state index in [9.17, 15) is 8.78 Å². The molecule has 0 bridgehead atoms. The normalized spacial score (nSPS) is 14.8. The fraction of sp³-hybridized carbons (Fsp3) is 0.195. The maximum atomic E-state index is 11.9. The molecular formula is C41H38Cl2F2Zr-4. The second kappa shape index (κ2) is 17.8. The number of fused-ring (bicyclic) bond motifs is 5. The Hall–Kier alpha value is -2.97. The summed E-state index contributed by atoms with van der Waals surface area (Å²) in [6, 6.07) is 26.7. The van der Waals surface area contributed by atoms with Gasteiger partial charge in [-0.3, -0.25) is 20.9 Å². The Bertz CT molecular complexity index is 1580.